The summed E-state index contributed by atoms with van der Waals surface area (Å²) in [5.41, 5.74) is 3.85. The van der Waals surface area contributed by atoms with E-state index in [1.165, 1.54) is 6.26 Å². The van der Waals surface area contributed by atoms with Gasteiger partial charge in [-0.2, -0.15) is 0 Å². The van der Waals surface area contributed by atoms with Gasteiger partial charge in [0.2, 0.25) is 0 Å². The van der Waals surface area contributed by atoms with Crippen molar-refractivity contribution >= 4 is 9.84 Å². The Morgan fingerprint density at radius 3 is 2.25 bits per heavy atom. The molecule has 0 radical (unpaired) electrons. The minimum Gasteiger partial charge on any atom is -0.316 e. The van der Waals surface area contributed by atoms with Crippen LogP contribution >= 0.6 is 0 Å². The molecule has 1 aromatic carbocycles. The van der Waals surface area contributed by atoms with Crippen molar-refractivity contribution in [1.29, 1.82) is 0 Å². The topological polar surface area (TPSA) is 66.4 Å². The van der Waals surface area contributed by atoms with Gasteiger partial charge in [-0.05, 0) is 24.0 Å². The zero-order chi connectivity index (χ0) is 11.8. The molecule has 1 fully saturated rings. The molecule has 0 spiro atoms. The molecule has 16 heavy (non-hydrogen) atoms. The molecule has 2 rings (SSSR count). The molecule has 5 heteroatoms. The zero-order valence-corrected chi connectivity index (χ0v) is 9.92. The van der Waals surface area contributed by atoms with Crippen LogP contribution in [-0.4, -0.2) is 19.9 Å². The van der Waals surface area contributed by atoms with Crippen molar-refractivity contribution in [3.05, 3.63) is 35.4 Å². The summed E-state index contributed by atoms with van der Waals surface area (Å²) >= 11 is 0. The van der Waals surface area contributed by atoms with Crippen LogP contribution in [0.1, 0.15) is 24.0 Å². The van der Waals surface area contributed by atoms with Crippen molar-refractivity contribution < 1.29 is 13.6 Å². The molecule has 0 bridgehead atoms. The minimum atomic E-state index is -3.03. The normalized spacial score (nSPS) is 18.4. The fraction of sp³-hybridized carbons (Fsp3) is 0.455. The van der Waals surface area contributed by atoms with Crippen LogP contribution in [0, 0.1) is 0 Å². The van der Waals surface area contributed by atoms with E-state index >= 15 is 0 Å². The molecule has 0 heterocycles. The number of nitrogens with one attached hydrogen (secondary N) is 1. The molecule has 1 aromatic rings. The molecule has 4 nitrogen and oxygen atoms in total. The smallest absolute Gasteiger partial charge is 0.157 e. The van der Waals surface area contributed by atoms with Gasteiger partial charge in [-0.3, -0.25) is 0 Å². The number of rotatable bonds is 4. The highest BCUT2D eigenvalue weighted by Crippen LogP contribution is 2.52. The van der Waals surface area contributed by atoms with Gasteiger partial charge in [-0.25, -0.2) is 13.9 Å². The minimum absolute atomic E-state index is 0.367. The highest BCUT2D eigenvalue weighted by atomic mass is 32.2. The summed E-state index contributed by atoms with van der Waals surface area (Å²) in [5, 5.41) is 8.54. The third-order valence-electron chi connectivity index (χ3n) is 3.18. The van der Waals surface area contributed by atoms with Crippen molar-refractivity contribution in [2.24, 2.45) is 0 Å². The van der Waals surface area contributed by atoms with E-state index in [2.05, 4.69) is 5.48 Å². The molecule has 0 aromatic heterocycles. The van der Waals surface area contributed by atoms with E-state index < -0.39 is 14.6 Å². The first kappa shape index (κ1) is 11.6. The number of hydrogen-bond donors (Lipinski definition) is 2. The molecule has 88 valence electrons. The number of hydroxylamine groups is 1. The van der Waals surface area contributed by atoms with Crippen LogP contribution in [0.15, 0.2) is 24.3 Å². The number of sulfone groups is 1. The second-order valence-corrected chi connectivity index (χ2v) is 6.62. The molecule has 1 saturated carbocycles. The van der Waals surface area contributed by atoms with Crippen molar-refractivity contribution in [3.8, 4) is 0 Å². The van der Waals surface area contributed by atoms with Crippen LogP contribution in [0.4, 0.5) is 0 Å². The maximum atomic E-state index is 11.7. The fourth-order valence-electron chi connectivity index (χ4n) is 2.00. The van der Waals surface area contributed by atoms with E-state index in [0.29, 0.717) is 19.4 Å². The summed E-state index contributed by atoms with van der Waals surface area (Å²) in [4.78, 5) is 0. The van der Waals surface area contributed by atoms with Gasteiger partial charge in [0, 0.05) is 12.8 Å². The molecule has 1 aliphatic carbocycles. The molecule has 0 aliphatic heterocycles. The Morgan fingerprint density at radius 2 is 1.88 bits per heavy atom. The van der Waals surface area contributed by atoms with Gasteiger partial charge in [0.1, 0.15) is 0 Å². The predicted molar refractivity (Wildman–Crippen MR) is 60.8 cm³/mol. The Balaban J connectivity index is 2.29. The first-order chi connectivity index (χ1) is 7.49. The van der Waals surface area contributed by atoms with E-state index in [4.69, 9.17) is 5.21 Å². The summed E-state index contributed by atoms with van der Waals surface area (Å²) in [6, 6.07) is 7.34. The van der Waals surface area contributed by atoms with Crippen LogP contribution in [-0.2, 0) is 21.1 Å². The molecular formula is C11H15NO3S. The summed E-state index contributed by atoms with van der Waals surface area (Å²) in [7, 11) is -3.03. The second-order valence-electron chi connectivity index (χ2n) is 4.30. The number of hydrogen-bond acceptors (Lipinski definition) is 4. The van der Waals surface area contributed by atoms with Gasteiger partial charge >= 0.3 is 0 Å². The average Bonchev–Trinajstić information content (AvgIpc) is 2.99. The van der Waals surface area contributed by atoms with E-state index in [1.54, 1.807) is 0 Å². The SMILES string of the molecule is CS(=O)(=O)C1(c2ccc(CNO)cc2)CC1. The van der Waals surface area contributed by atoms with E-state index in [9.17, 15) is 8.42 Å². The number of benzene rings is 1. The Labute approximate surface area is 95.2 Å². The van der Waals surface area contributed by atoms with Crippen LogP contribution in [0.25, 0.3) is 0 Å². The quantitative estimate of drug-likeness (QED) is 0.777. The lowest BCUT2D eigenvalue weighted by atomic mass is 10.1. The van der Waals surface area contributed by atoms with Crippen LogP contribution in [0.3, 0.4) is 0 Å². The van der Waals surface area contributed by atoms with Crippen LogP contribution < -0.4 is 5.48 Å². The molecule has 0 unspecified atom stereocenters. The summed E-state index contributed by atoms with van der Waals surface area (Å²) in [6.07, 6.45) is 2.72. The van der Waals surface area contributed by atoms with Gasteiger partial charge in [0.15, 0.2) is 9.84 Å². The molecule has 0 atom stereocenters. The summed E-state index contributed by atoms with van der Waals surface area (Å²) in [6.45, 7) is 0.367. The lowest BCUT2D eigenvalue weighted by Crippen LogP contribution is -2.19. The largest absolute Gasteiger partial charge is 0.316 e. The van der Waals surface area contributed by atoms with E-state index in [0.717, 1.165) is 11.1 Å². The molecular weight excluding hydrogens is 226 g/mol. The Kier molecular flexibility index (Phi) is 2.77. The van der Waals surface area contributed by atoms with Crippen LogP contribution in [0.5, 0.6) is 0 Å². The first-order valence-corrected chi connectivity index (χ1v) is 7.05. The van der Waals surface area contributed by atoms with Crippen molar-refractivity contribution in [2.45, 2.75) is 24.1 Å². The monoisotopic (exact) mass is 241 g/mol. The van der Waals surface area contributed by atoms with Crippen LogP contribution in [0.2, 0.25) is 0 Å². The lowest BCUT2D eigenvalue weighted by molar-refractivity contribution is 0.161. The zero-order valence-electron chi connectivity index (χ0n) is 9.10. The summed E-state index contributed by atoms with van der Waals surface area (Å²) in [5.74, 6) is 0. The molecule has 0 saturated heterocycles. The van der Waals surface area contributed by atoms with Crippen molar-refractivity contribution in [1.82, 2.24) is 5.48 Å². The first-order valence-electron chi connectivity index (χ1n) is 5.15. The third kappa shape index (κ3) is 1.86. The Morgan fingerprint density at radius 1 is 1.31 bits per heavy atom. The average molecular weight is 241 g/mol. The molecule has 0 amide bonds. The second kappa shape index (κ2) is 3.84. The van der Waals surface area contributed by atoms with Gasteiger partial charge in [0.05, 0.1) is 4.75 Å². The maximum Gasteiger partial charge on any atom is 0.157 e. The van der Waals surface area contributed by atoms with Crippen molar-refractivity contribution in [3.63, 3.8) is 0 Å². The Hall–Kier alpha value is -0.910. The molecule has 1 aliphatic rings. The standard InChI is InChI=1S/C11H15NO3S/c1-16(14,15)11(6-7-11)10-4-2-9(3-5-10)8-12-13/h2-5,12-13H,6-8H2,1H3. The van der Waals surface area contributed by atoms with Gasteiger partial charge in [0.25, 0.3) is 0 Å². The maximum absolute atomic E-state index is 11.7. The lowest BCUT2D eigenvalue weighted by Gasteiger charge is -2.13. The third-order valence-corrected chi connectivity index (χ3v) is 5.24. The highest BCUT2D eigenvalue weighted by molar-refractivity contribution is 7.92. The highest BCUT2D eigenvalue weighted by Gasteiger charge is 2.53. The van der Waals surface area contributed by atoms with E-state index in [-0.39, 0.29) is 0 Å². The fourth-order valence-corrected chi connectivity index (χ4v) is 3.41. The van der Waals surface area contributed by atoms with E-state index in [1.807, 2.05) is 24.3 Å². The predicted octanol–water partition coefficient (Wildman–Crippen LogP) is 1.20. The summed E-state index contributed by atoms with van der Waals surface area (Å²) < 4.78 is 22.7. The van der Waals surface area contributed by atoms with Gasteiger partial charge < -0.3 is 5.21 Å². The molecule has 2 N–H and O–H groups in total. The van der Waals surface area contributed by atoms with Gasteiger partial charge in [-0.1, -0.05) is 24.3 Å². The Bertz CT molecular complexity index is 474. The van der Waals surface area contributed by atoms with Gasteiger partial charge in [-0.15, -0.1) is 0 Å². The van der Waals surface area contributed by atoms with Crippen molar-refractivity contribution in [2.75, 3.05) is 6.26 Å².